The van der Waals surface area contributed by atoms with Gasteiger partial charge in [0.25, 0.3) is 0 Å². The van der Waals surface area contributed by atoms with Gasteiger partial charge in [0, 0.05) is 5.02 Å². The number of carbonyl (C=O) groups is 1. The predicted octanol–water partition coefficient (Wildman–Crippen LogP) is 4.62. The van der Waals surface area contributed by atoms with Gasteiger partial charge in [0.1, 0.15) is 6.33 Å². The van der Waals surface area contributed by atoms with Gasteiger partial charge in [-0.2, -0.15) is 5.10 Å². The van der Waals surface area contributed by atoms with Crippen molar-refractivity contribution in [1.29, 1.82) is 0 Å². The van der Waals surface area contributed by atoms with E-state index in [9.17, 15) is 4.79 Å². The topological polar surface area (TPSA) is 84.7 Å². The Labute approximate surface area is 189 Å². The van der Waals surface area contributed by atoms with Crippen molar-refractivity contribution in [2.24, 2.45) is 0 Å². The number of halogens is 1. The summed E-state index contributed by atoms with van der Waals surface area (Å²) in [7, 11) is 0. The summed E-state index contributed by atoms with van der Waals surface area (Å²) in [5, 5.41) is 7.92. The zero-order chi connectivity index (χ0) is 22.1. The van der Waals surface area contributed by atoms with Crippen LogP contribution in [-0.4, -0.2) is 25.7 Å². The molecule has 0 saturated carbocycles. The van der Waals surface area contributed by atoms with Crippen LogP contribution in [0.1, 0.15) is 11.1 Å². The van der Waals surface area contributed by atoms with Crippen molar-refractivity contribution in [2.45, 2.75) is 13.3 Å². The first-order chi connectivity index (χ1) is 15.6. The lowest BCUT2D eigenvalue weighted by Gasteiger charge is -2.10. The Bertz CT molecular complexity index is 1460. The molecule has 5 aromatic rings. The quantitative estimate of drug-likeness (QED) is 0.388. The molecule has 0 saturated heterocycles. The zero-order valence-corrected chi connectivity index (χ0v) is 18.0. The number of hydrazine groups is 1. The molecule has 2 N–H and O–H groups in total. The molecule has 8 heteroatoms. The van der Waals surface area contributed by atoms with E-state index in [1.54, 1.807) is 10.9 Å². The first-order valence-corrected chi connectivity index (χ1v) is 10.4. The van der Waals surface area contributed by atoms with Gasteiger partial charge in [-0.1, -0.05) is 60.1 Å². The van der Waals surface area contributed by atoms with E-state index in [1.807, 2.05) is 67.6 Å². The molecule has 0 spiro atoms. The smallest absolute Gasteiger partial charge is 0.242 e. The number of carbonyl (C=O) groups excluding carboxylic acids is 1. The molecule has 0 bridgehead atoms. The van der Waals surface area contributed by atoms with E-state index in [-0.39, 0.29) is 12.3 Å². The third-order valence-electron chi connectivity index (χ3n) is 5.32. The molecular weight excluding hydrogens is 424 g/mol. The van der Waals surface area contributed by atoms with Crippen LogP contribution in [0.3, 0.4) is 0 Å². The van der Waals surface area contributed by atoms with Gasteiger partial charge in [-0.05, 0) is 41.0 Å². The minimum Gasteiger partial charge on any atom is -0.281 e. The highest BCUT2D eigenvalue weighted by atomic mass is 35.5. The molecule has 2 heterocycles. The molecule has 5 rings (SSSR count). The Balaban J connectivity index is 1.37. The molecule has 0 aliphatic carbocycles. The molecule has 0 atom stereocenters. The van der Waals surface area contributed by atoms with Crippen molar-refractivity contribution in [3.8, 4) is 5.69 Å². The maximum Gasteiger partial charge on any atom is 0.242 e. The highest BCUT2D eigenvalue weighted by molar-refractivity contribution is 6.30. The molecule has 158 valence electrons. The summed E-state index contributed by atoms with van der Waals surface area (Å²) in [6, 6.07) is 19.6. The van der Waals surface area contributed by atoms with Crippen LogP contribution < -0.4 is 10.9 Å². The van der Waals surface area contributed by atoms with E-state index in [1.165, 1.54) is 6.33 Å². The lowest BCUT2D eigenvalue weighted by Crippen LogP contribution is -2.31. The van der Waals surface area contributed by atoms with Crippen molar-refractivity contribution in [3.63, 3.8) is 0 Å². The van der Waals surface area contributed by atoms with Crippen molar-refractivity contribution in [2.75, 3.05) is 5.43 Å². The Morgan fingerprint density at radius 1 is 1.03 bits per heavy atom. The maximum atomic E-state index is 12.6. The van der Waals surface area contributed by atoms with Gasteiger partial charge >= 0.3 is 0 Å². The van der Waals surface area contributed by atoms with Crippen LogP contribution in [0.15, 0.2) is 73.2 Å². The van der Waals surface area contributed by atoms with Gasteiger partial charge in [0.2, 0.25) is 5.91 Å². The van der Waals surface area contributed by atoms with Crippen molar-refractivity contribution >= 4 is 45.1 Å². The van der Waals surface area contributed by atoms with Crippen LogP contribution >= 0.6 is 11.6 Å². The number of nitrogens with zero attached hydrogens (tertiary/aromatic N) is 4. The Morgan fingerprint density at radius 2 is 1.88 bits per heavy atom. The normalized spacial score (nSPS) is 11.1. The molecule has 0 unspecified atom stereocenters. The summed E-state index contributed by atoms with van der Waals surface area (Å²) in [6.45, 7) is 1.98. The fourth-order valence-electron chi connectivity index (χ4n) is 3.72. The van der Waals surface area contributed by atoms with Crippen molar-refractivity contribution in [1.82, 2.24) is 25.2 Å². The number of fused-ring (bicyclic) bond motifs is 2. The first kappa shape index (κ1) is 20.0. The van der Waals surface area contributed by atoms with Gasteiger partial charge in [-0.15, -0.1) is 0 Å². The van der Waals surface area contributed by atoms with Crippen molar-refractivity contribution < 1.29 is 4.79 Å². The second-order valence-corrected chi connectivity index (χ2v) is 7.87. The third kappa shape index (κ3) is 3.74. The molecular formula is C24H19ClN6O. The number of rotatable bonds is 5. The van der Waals surface area contributed by atoms with E-state index < -0.39 is 0 Å². The molecule has 0 aliphatic rings. The van der Waals surface area contributed by atoms with E-state index in [2.05, 4.69) is 25.9 Å². The second-order valence-electron chi connectivity index (χ2n) is 7.43. The summed E-state index contributed by atoms with van der Waals surface area (Å²) >= 11 is 6.17. The third-order valence-corrected chi connectivity index (χ3v) is 5.55. The monoisotopic (exact) mass is 442 g/mol. The van der Waals surface area contributed by atoms with E-state index in [0.717, 1.165) is 27.6 Å². The average molecular weight is 443 g/mol. The lowest BCUT2D eigenvalue weighted by molar-refractivity contribution is -0.119. The van der Waals surface area contributed by atoms with E-state index >= 15 is 0 Å². The number of benzene rings is 3. The zero-order valence-electron chi connectivity index (χ0n) is 17.2. The summed E-state index contributed by atoms with van der Waals surface area (Å²) in [4.78, 5) is 21.3. The lowest BCUT2D eigenvalue weighted by atomic mass is 10.0. The summed E-state index contributed by atoms with van der Waals surface area (Å²) in [6.07, 6.45) is 3.33. The van der Waals surface area contributed by atoms with Crippen LogP contribution in [0.2, 0.25) is 5.02 Å². The molecule has 1 amide bonds. The fraction of sp³-hybridized carbons (Fsp3) is 0.0833. The standard InChI is InChI=1S/C24H19ClN6O/c1-15-9-10-18(25)12-21(15)31-24-20(13-28-31)23(26-14-27-24)30-29-22(32)11-17-7-4-6-16-5-2-3-8-19(16)17/h2-10,12-14H,11H2,1H3,(H,29,32)(H,26,27,30). The number of hydrogen-bond acceptors (Lipinski definition) is 5. The van der Waals surface area contributed by atoms with Crippen LogP contribution in [0.25, 0.3) is 27.5 Å². The molecule has 0 fully saturated rings. The number of aromatic nitrogens is 4. The van der Waals surface area contributed by atoms with Gasteiger partial charge in [-0.25, -0.2) is 14.6 Å². The van der Waals surface area contributed by atoms with Gasteiger partial charge in [0.15, 0.2) is 11.5 Å². The Morgan fingerprint density at radius 3 is 2.78 bits per heavy atom. The van der Waals surface area contributed by atoms with E-state index in [4.69, 9.17) is 11.6 Å². The SMILES string of the molecule is Cc1ccc(Cl)cc1-n1ncc2c(NNC(=O)Cc3cccc4ccccc34)ncnc21. The fourth-order valence-corrected chi connectivity index (χ4v) is 3.89. The molecule has 3 aromatic carbocycles. The Kier molecular flexibility index (Phi) is 5.17. The first-order valence-electron chi connectivity index (χ1n) is 10.1. The number of nitrogens with one attached hydrogen (secondary N) is 2. The summed E-state index contributed by atoms with van der Waals surface area (Å²) < 4.78 is 1.71. The van der Waals surface area contributed by atoms with Crippen LogP contribution in [0.5, 0.6) is 0 Å². The average Bonchev–Trinajstić information content (AvgIpc) is 3.24. The molecule has 7 nitrogen and oxygen atoms in total. The molecule has 0 aliphatic heterocycles. The summed E-state index contributed by atoms with van der Waals surface area (Å²) in [5.74, 6) is 0.290. The highest BCUT2D eigenvalue weighted by Crippen LogP contribution is 2.25. The van der Waals surface area contributed by atoms with Crippen LogP contribution in [-0.2, 0) is 11.2 Å². The number of anilines is 1. The minimum absolute atomic E-state index is 0.175. The minimum atomic E-state index is -0.175. The highest BCUT2D eigenvalue weighted by Gasteiger charge is 2.14. The van der Waals surface area contributed by atoms with Crippen LogP contribution in [0.4, 0.5) is 5.82 Å². The molecule has 0 radical (unpaired) electrons. The number of hydrogen-bond donors (Lipinski definition) is 2. The summed E-state index contributed by atoms with van der Waals surface area (Å²) in [5.41, 5.74) is 9.06. The Hall–Kier alpha value is -3.97. The second kappa shape index (κ2) is 8.28. The predicted molar refractivity (Wildman–Crippen MR) is 126 cm³/mol. The molecule has 2 aromatic heterocycles. The van der Waals surface area contributed by atoms with Crippen LogP contribution in [0, 0.1) is 6.92 Å². The largest absolute Gasteiger partial charge is 0.281 e. The van der Waals surface area contributed by atoms with Gasteiger partial charge < -0.3 is 0 Å². The molecule has 32 heavy (non-hydrogen) atoms. The van der Waals surface area contributed by atoms with Gasteiger partial charge in [-0.3, -0.25) is 15.6 Å². The van der Waals surface area contributed by atoms with E-state index in [0.29, 0.717) is 21.9 Å². The number of amides is 1. The maximum absolute atomic E-state index is 12.6. The van der Waals surface area contributed by atoms with Gasteiger partial charge in [0.05, 0.1) is 23.7 Å². The number of aryl methyl sites for hydroxylation is 1. The van der Waals surface area contributed by atoms with Crippen molar-refractivity contribution in [3.05, 3.63) is 89.3 Å².